The third-order valence-electron chi connectivity index (χ3n) is 5.65. The molecule has 0 saturated carbocycles. The summed E-state index contributed by atoms with van der Waals surface area (Å²) >= 11 is 1.46. The number of hydrogen-bond donors (Lipinski definition) is 1. The molecule has 0 bridgehead atoms. The summed E-state index contributed by atoms with van der Waals surface area (Å²) in [6, 6.07) is 21.2. The summed E-state index contributed by atoms with van der Waals surface area (Å²) in [4.78, 5) is 30.2. The zero-order chi connectivity index (χ0) is 22.3. The number of benzene rings is 2. The van der Waals surface area contributed by atoms with Crippen LogP contribution in [0.15, 0.2) is 72.1 Å². The molecule has 1 unspecified atom stereocenters. The monoisotopic (exact) mass is 449 g/mol. The Kier molecular flexibility index (Phi) is 7.19. The van der Waals surface area contributed by atoms with Gasteiger partial charge in [-0.1, -0.05) is 48.5 Å². The molecular weight excluding hydrogens is 422 g/mol. The van der Waals surface area contributed by atoms with E-state index in [1.807, 2.05) is 77.0 Å². The van der Waals surface area contributed by atoms with Gasteiger partial charge in [0.05, 0.1) is 24.6 Å². The molecule has 2 amide bonds. The quantitative estimate of drug-likeness (QED) is 0.601. The van der Waals surface area contributed by atoms with Crippen LogP contribution in [0.25, 0.3) is 0 Å². The Balaban J connectivity index is 1.37. The van der Waals surface area contributed by atoms with Crippen molar-refractivity contribution in [1.82, 2.24) is 15.1 Å². The molecule has 1 aliphatic heterocycles. The van der Waals surface area contributed by atoms with Crippen molar-refractivity contribution in [3.8, 4) is 5.75 Å². The van der Waals surface area contributed by atoms with E-state index in [2.05, 4.69) is 10.2 Å². The minimum atomic E-state index is -0.240. The smallest absolute Gasteiger partial charge is 0.264 e. The number of thiophene rings is 1. The lowest BCUT2D eigenvalue weighted by atomic mass is 9.98. The van der Waals surface area contributed by atoms with E-state index in [0.717, 1.165) is 21.8 Å². The van der Waals surface area contributed by atoms with Crippen LogP contribution in [0, 0.1) is 0 Å². The minimum Gasteiger partial charge on any atom is -0.497 e. The molecule has 1 aromatic heterocycles. The van der Waals surface area contributed by atoms with E-state index in [9.17, 15) is 9.59 Å². The van der Waals surface area contributed by atoms with Crippen LogP contribution < -0.4 is 10.1 Å². The van der Waals surface area contributed by atoms with Gasteiger partial charge in [0.15, 0.2) is 0 Å². The maximum Gasteiger partial charge on any atom is 0.264 e. The number of nitrogens with zero attached hydrogens (tertiary/aromatic N) is 2. The number of carbonyl (C=O) groups excluding carboxylic acids is 2. The second-order valence-electron chi connectivity index (χ2n) is 7.73. The molecular formula is C25H27N3O3S. The van der Waals surface area contributed by atoms with Gasteiger partial charge in [0.1, 0.15) is 5.75 Å². The highest BCUT2D eigenvalue weighted by molar-refractivity contribution is 7.12. The first-order valence-corrected chi connectivity index (χ1v) is 11.6. The van der Waals surface area contributed by atoms with Gasteiger partial charge in [-0.2, -0.15) is 0 Å². The number of rotatable bonds is 7. The highest BCUT2D eigenvalue weighted by Crippen LogP contribution is 2.24. The van der Waals surface area contributed by atoms with Crippen molar-refractivity contribution >= 4 is 23.2 Å². The van der Waals surface area contributed by atoms with E-state index in [0.29, 0.717) is 32.7 Å². The second kappa shape index (κ2) is 10.4. The third-order valence-corrected chi connectivity index (χ3v) is 6.50. The molecule has 2 aromatic carbocycles. The van der Waals surface area contributed by atoms with Gasteiger partial charge in [-0.25, -0.2) is 0 Å². The highest BCUT2D eigenvalue weighted by Gasteiger charge is 2.25. The summed E-state index contributed by atoms with van der Waals surface area (Å²) in [6.45, 7) is 2.93. The van der Waals surface area contributed by atoms with Crippen LogP contribution in [-0.4, -0.2) is 61.4 Å². The molecule has 7 heteroatoms. The van der Waals surface area contributed by atoms with Gasteiger partial charge in [0.2, 0.25) is 5.91 Å². The van der Waals surface area contributed by atoms with Gasteiger partial charge in [0, 0.05) is 26.2 Å². The van der Waals surface area contributed by atoms with Gasteiger partial charge in [-0.05, 0) is 34.7 Å². The van der Waals surface area contributed by atoms with Crippen LogP contribution in [-0.2, 0) is 4.79 Å². The summed E-state index contributed by atoms with van der Waals surface area (Å²) in [7, 11) is 1.64. The second-order valence-corrected chi connectivity index (χ2v) is 8.68. The Hall–Kier alpha value is -3.16. The van der Waals surface area contributed by atoms with Crippen molar-refractivity contribution in [1.29, 1.82) is 0 Å². The van der Waals surface area contributed by atoms with E-state index in [4.69, 9.17) is 4.74 Å². The fraction of sp³-hybridized carbons (Fsp3) is 0.280. The predicted octanol–water partition coefficient (Wildman–Crippen LogP) is 3.42. The van der Waals surface area contributed by atoms with E-state index >= 15 is 0 Å². The van der Waals surface area contributed by atoms with Gasteiger partial charge >= 0.3 is 0 Å². The van der Waals surface area contributed by atoms with Crippen LogP contribution >= 0.6 is 11.3 Å². The SMILES string of the molecule is COc1ccc(C(NC(=O)CN2CCN(C(=O)c3cccs3)CC2)c2ccccc2)cc1. The summed E-state index contributed by atoms with van der Waals surface area (Å²) in [5.41, 5.74) is 2.02. The van der Waals surface area contributed by atoms with Crippen molar-refractivity contribution in [2.75, 3.05) is 39.8 Å². The lowest BCUT2D eigenvalue weighted by molar-refractivity contribution is -0.123. The van der Waals surface area contributed by atoms with Crippen LogP contribution in [0.5, 0.6) is 5.75 Å². The molecule has 2 heterocycles. The van der Waals surface area contributed by atoms with Gasteiger partial charge in [0.25, 0.3) is 5.91 Å². The average Bonchev–Trinajstić information content (AvgIpc) is 3.38. The van der Waals surface area contributed by atoms with Crippen LogP contribution in [0.1, 0.15) is 26.8 Å². The number of hydrogen-bond acceptors (Lipinski definition) is 5. The fourth-order valence-corrected chi connectivity index (χ4v) is 4.57. The van der Waals surface area contributed by atoms with E-state index in [1.54, 1.807) is 7.11 Å². The molecule has 1 atom stereocenters. The summed E-state index contributed by atoms with van der Waals surface area (Å²) in [5.74, 6) is 0.822. The van der Waals surface area contributed by atoms with Crippen LogP contribution in [0.3, 0.4) is 0 Å². The summed E-state index contributed by atoms with van der Waals surface area (Å²) in [5, 5.41) is 5.11. The number of methoxy groups -OCH3 is 1. The zero-order valence-electron chi connectivity index (χ0n) is 18.1. The van der Waals surface area contributed by atoms with Gasteiger partial charge in [-0.15, -0.1) is 11.3 Å². The largest absolute Gasteiger partial charge is 0.497 e. The lowest BCUT2D eigenvalue weighted by Gasteiger charge is -2.34. The highest BCUT2D eigenvalue weighted by atomic mass is 32.1. The number of ether oxygens (including phenoxy) is 1. The lowest BCUT2D eigenvalue weighted by Crippen LogP contribution is -2.51. The van der Waals surface area contributed by atoms with E-state index < -0.39 is 0 Å². The van der Waals surface area contributed by atoms with Crippen molar-refractivity contribution in [2.24, 2.45) is 0 Å². The molecule has 1 saturated heterocycles. The van der Waals surface area contributed by atoms with Crippen LogP contribution in [0.2, 0.25) is 0 Å². The number of nitrogens with one attached hydrogen (secondary N) is 1. The molecule has 1 fully saturated rings. The number of carbonyl (C=O) groups is 2. The first-order chi connectivity index (χ1) is 15.6. The van der Waals surface area contributed by atoms with Crippen molar-refractivity contribution in [3.05, 3.63) is 88.1 Å². The molecule has 0 radical (unpaired) electrons. The average molecular weight is 450 g/mol. The molecule has 4 rings (SSSR count). The molecule has 32 heavy (non-hydrogen) atoms. The minimum absolute atomic E-state index is 0.0345. The molecule has 1 N–H and O–H groups in total. The van der Waals surface area contributed by atoms with Crippen molar-refractivity contribution in [3.63, 3.8) is 0 Å². The molecule has 6 nitrogen and oxygen atoms in total. The van der Waals surface area contributed by atoms with Crippen LogP contribution in [0.4, 0.5) is 0 Å². The standard InChI is InChI=1S/C25H27N3O3S/c1-31-21-11-9-20(10-12-21)24(19-6-3-2-4-7-19)26-23(29)18-27-13-15-28(16-14-27)25(30)22-8-5-17-32-22/h2-12,17,24H,13-16,18H2,1H3,(H,26,29). The van der Waals surface area contributed by atoms with Gasteiger partial charge < -0.3 is 15.0 Å². The topological polar surface area (TPSA) is 61.9 Å². The molecule has 1 aliphatic rings. The summed E-state index contributed by atoms with van der Waals surface area (Å²) < 4.78 is 5.26. The van der Waals surface area contributed by atoms with Crippen molar-refractivity contribution in [2.45, 2.75) is 6.04 Å². The Morgan fingerprint density at radius 2 is 1.62 bits per heavy atom. The number of amides is 2. The molecule has 0 aliphatic carbocycles. The third kappa shape index (κ3) is 5.36. The first kappa shape index (κ1) is 22.0. The predicted molar refractivity (Wildman–Crippen MR) is 126 cm³/mol. The Labute approximate surface area is 192 Å². The first-order valence-electron chi connectivity index (χ1n) is 10.7. The normalized spacial score (nSPS) is 15.2. The zero-order valence-corrected chi connectivity index (χ0v) is 18.9. The molecule has 3 aromatic rings. The van der Waals surface area contributed by atoms with E-state index in [1.165, 1.54) is 11.3 Å². The Bertz CT molecular complexity index is 1010. The fourth-order valence-electron chi connectivity index (χ4n) is 3.88. The Morgan fingerprint density at radius 3 is 2.25 bits per heavy atom. The maximum atomic E-state index is 12.9. The van der Waals surface area contributed by atoms with Gasteiger partial charge in [-0.3, -0.25) is 14.5 Å². The molecule has 166 valence electrons. The van der Waals surface area contributed by atoms with E-state index in [-0.39, 0.29) is 17.9 Å². The number of piperazine rings is 1. The van der Waals surface area contributed by atoms with Crippen molar-refractivity contribution < 1.29 is 14.3 Å². The Morgan fingerprint density at radius 1 is 0.938 bits per heavy atom. The summed E-state index contributed by atoms with van der Waals surface area (Å²) in [6.07, 6.45) is 0. The maximum absolute atomic E-state index is 12.9. The molecule has 0 spiro atoms.